The third-order valence-corrected chi connectivity index (χ3v) is 10.9. The molecule has 0 heterocycles. The van der Waals surface area contributed by atoms with Crippen LogP contribution in [0, 0.1) is 0 Å². The normalized spacial score (nSPS) is 13.4. The minimum absolute atomic E-state index is 0.0247. The van der Waals surface area contributed by atoms with Gasteiger partial charge in [-0.3, -0.25) is 9.59 Å². The minimum Gasteiger partial charge on any atom is -0.544 e. The first-order chi connectivity index (χ1) is 29.6. The fourth-order valence-electron chi connectivity index (χ4n) is 7.06. The molecule has 8 nitrogen and oxygen atoms in total. The molecular formula is C53H93NO7. The number of allylic oxidation sites excluding steroid dienone is 10. The summed E-state index contributed by atoms with van der Waals surface area (Å²) >= 11 is 0. The number of esters is 2. The van der Waals surface area contributed by atoms with Gasteiger partial charge in [-0.1, -0.05) is 171 Å². The monoisotopic (exact) mass is 856 g/mol. The van der Waals surface area contributed by atoms with E-state index in [1.54, 1.807) is 21.1 Å². The third-order valence-electron chi connectivity index (χ3n) is 10.9. The summed E-state index contributed by atoms with van der Waals surface area (Å²) < 4.78 is 17.2. The Morgan fingerprint density at radius 2 is 0.918 bits per heavy atom. The van der Waals surface area contributed by atoms with Gasteiger partial charge in [-0.25, -0.2) is 0 Å². The van der Waals surface area contributed by atoms with Crippen LogP contribution >= 0.6 is 0 Å². The number of unbranched alkanes of at least 4 members (excludes halogenated alkanes) is 20. The highest BCUT2D eigenvalue weighted by atomic mass is 16.6. The van der Waals surface area contributed by atoms with Gasteiger partial charge in [0.2, 0.25) is 0 Å². The van der Waals surface area contributed by atoms with Gasteiger partial charge in [-0.05, 0) is 77.0 Å². The van der Waals surface area contributed by atoms with Crippen molar-refractivity contribution in [2.24, 2.45) is 0 Å². The number of carbonyl (C=O) groups is 3. The van der Waals surface area contributed by atoms with Gasteiger partial charge in [0, 0.05) is 19.3 Å². The quantitative estimate of drug-likeness (QED) is 0.0260. The number of aliphatic carboxylic acids is 1. The van der Waals surface area contributed by atoms with E-state index in [2.05, 4.69) is 74.6 Å². The number of hydrogen-bond acceptors (Lipinski definition) is 7. The molecule has 0 saturated heterocycles. The van der Waals surface area contributed by atoms with Crippen molar-refractivity contribution in [2.75, 3.05) is 41.0 Å². The second-order valence-electron chi connectivity index (χ2n) is 17.7. The Morgan fingerprint density at radius 3 is 1.39 bits per heavy atom. The molecule has 0 aliphatic heterocycles. The van der Waals surface area contributed by atoms with Gasteiger partial charge < -0.3 is 28.6 Å². The number of quaternary nitrogens is 1. The zero-order valence-electron chi connectivity index (χ0n) is 40.1. The average Bonchev–Trinajstić information content (AvgIpc) is 3.22. The summed E-state index contributed by atoms with van der Waals surface area (Å²) in [7, 11) is 5.40. The van der Waals surface area contributed by atoms with Crippen LogP contribution < -0.4 is 5.11 Å². The van der Waals surface area contributed by atoms with Crippen molar-refractivity contribution in [3.05, 3.63) is 60.8 Å². The van der Waals surface area contributed by atoms with E-state index in [0.717, 1.165) is 64.2 Å². The molecule has 0 radical (unpaired) electrons. The highest BCUT2D eigenvalue weighted by Gasteiger charge is 2.25. The minimum atomic E-state index is -1.13. The molecule has 0 aromatic carbocycles. The maximum Gasteiger partial charge on any atom is 0.306 e. The first kappa shape index (κ1) is 58.0. The Hall–Kier alpha value is -2.97. The van der Waals surface area contributed by atoms with Crippen molar-refractivity contribution in [1.82, 2.24) is 0 Å². The van der Waals surface area contributed by atoms with Crippen LogP contribution in [-0.2, 0) is 28.6 Å². The Labute approximate surface area is 375 Å². The van der Waals surface area contributed by atoms with E-state index in [-0.39, 0.29) is 49.1 Å². The van der Waals surface area contributed by atoms with E-state index >= 15 is 0 Å². The summed E-state index contributed by atoms with van der Waals surface area (Å²) in [4.78, 5) is 37.0. The third kappa shape index (κ3) is 42.1. The maximum absolute atomic E-state index is 12.7. The van der Waals surface area contributed by atoms with Gasteiger partial charge in [0.1, 0.15) is 12.6 Å². The second kappa shape index (κ2) is 43.7. The van der Waals surface area contributed by atoms with Crippen LogP contribution in [0.3, 0.4) is 0 Å². The molecule has 0 saturated carbocycles. The first-order valence-corrected chi connectivity index (χ1v) is 24.8. The largest absolute Gasteiger partial charge is 0.544 e. The van der Waals surface area contributed by atoms with Crippen molar-refractivity contribution < 1.29 is 38.2 Å². The van der Waals surface area contributed by atoms with Gasteiger partial charge in [-0.15, -0.1) is 0 Å². The summed E-state index contributed by atoms with van der Waals surface area (Å²) in [5.74, 6) is -1.78. The highest BCUT2D eigenvalue weighted by molar-refractivity contribution is 5.70. The maximum atomic E-state index is 12.7. The molecule has 2 atom stereocenters. The number of nitrogens with zero attached hydrogens (tertiary/aromatic N) is 1. The van der Waals surface area contributed by atoms with Crippen molar-refractivity contribution in [3.63, 3.8) is 0 Å². The van der Waals surface area contributed by atoms with Gasteiger partial charge >= 0.3 is 11.9 Å². The first-order valence-electron chi connectivity index (χ1n) is 24.8. The zero-order valence-corrected chi connectivity index (χ0v) is 40.1. The summed E-state index contributed by atoms with van der Waals surface area (Å²) in [6.07, 6.45) is 54.0. The average molecular weight is 856 g/mol. The standard InChI is InChI=1S/C53H93NO7/c1-6-8-10-12-14-16-18-20-22-24-25-26-27-28-30-31-33-35-37-39-41-43-51(55)60-48-49(47-59-46-45-50(53(57)58)54(3,4)5)61-52(56)44-42-40-38-36-34-32-29-23-21-19-17-15-13-11-9-7-2/h9,11,15,17,21,23,26-27,32,34,49-50H,6-8,10,12-14,16,18-20,22,24-25,28-31,33,35-48H2,1-5H3/b11-9+,17-15+,23-21+,27-26+,34-32+. The molecule has 0 aliphatic carbocycles. The number of likely N-dealkylation sites (N-methyl/N-ethyl adjacent to an activating group) is 1. The molecule has 0 spiro atoms. The fourth-order valence-corrected chi connectivity index (χ4v) is 7.06. The molecule has 0 N–H and O–H groups in total. The van der Waals surface area contributed by atoms with Crippen molar-refractivity contribution >= 4 is 17.9 Å². The lowest BCUT2D eigenvalue weighted by Crippen LogP contribution is -2.55. The fraction of sp³-hybridized carbons (Fsp3) is 0.755. The van der Waals surface area contributed by atoms with E-state index < -0.39 is 18.1 Å². The summed E-state index contributed by atoms with van der Waals surface area (Å²) in [5, 5.41) is 11.6. The number of ether oxygens (including phenoxy) is 3. The molecule has 0 aromatic rings. The number of carboxylic acid groups (broad SMARTS) is 1. The van der Waals surface area contributed by atoms with Crippen LogP contribution in [0.4, 0.5) is 0 Å². The number of carbonyl (C=O) groups excluding carboxylic acids is 3. The molecule has 8 heteroatoms. The summed E-state index contributed by atoms with van der Waals surface area (Å²) in [6.45, 7) is 4.52. The Kier molecular flexibility index (Phi) is 41.5. The number of rotatable bonds is 44. The predicted octanol–water partition coefficient (Wildman–Crippen LogP) is 12.8. The zero-order chi connectivity index (χ0) is 44.9. The molecule has 61 heavy (non-hydrogen) atoms. The van der Waals surface area contributed by atoms with Gasteiger partial charge in [-0.2, -0.15) is 0 Å². The molecule has 0 aliphatic rings. The van der Waals surface area contributed by atoms with Crippen LogP contribution in [-0.4, -0.2) is 75.5 Å². The molecule has 0 fully saturated rings. The van der Waals surface area contributed by atoms with E-state index in [9.17, 15) is 19.5 Å². The van der Waals surface area contributed by atoms with E-state index in [4.69, 9.17) is 14.2 Å². The lowest BCUT2D eigenvalue weighted by atomic mass is 10.1. The van der Waals surface area contributed by atoms with Crippen LogP contribution in [0.1, 0.15) is 206 Å². The SMILES string of the molecule is CC/C=C/C/C=C/C/C=C/C/C=C/CCCCCC(=O)OC(COCCC(C(=O)[O-])[N+](C)(C)C)COC(=O)CCCCCCCCC/C=C/CCCCCCCCCCCC. The van der Waals surface area contributed by atoms with Crippen LogP contribution in [0.2, 0.25) is 0 Å². The summed E-state index contributed by atoms with van der Waals surface area (Å²) in [6, 6.07) is -0.735. The number of hydrogen-bond donors (Lipinski definition) is 0. The topological polar surface area (TPSA) is 102 Å². The second-order valence-corrected chi connectivity index (χ2v) is 17.7. The van der Waals surface area contributed by atoms with Crippen LogP contribution in [0.15, 0.2) is 60.8 Å². The van der Waals surface area contributed by atoms with Crippen molar-refractivity contribution in [3.8, 4) is 0 Å². The van der Waals surface area contributed by atoms with E-state index in [1.165, 1.54) is 103 Å². The smallest absolute Gasteiger partial charge is 0.306 e. The molecule has 2 unspecified atom stereocenters. The lowest BCUT2D eigenvalue weighted by Gasteiger charge is -2.34. The van der Waals surface area contributed by atoms with Crippen molar-refractivity contribution in [1.29, 1.82) is 0 Å². The Balaban J connectivity index is 4.30. The summed E-state index contributed by atoms with van der Waals surface area (Å²) in [5.41, 5.74) is 0. The van der Waals surface area contributed by atoms with Gasteiger partial charge in [0.05, 0.1) is 40.3 Å². The highest BCUT2D eigenvalue weighted by Crippen LogP contribution is 2.14. The van der Waals surface area contributed by atoms with Crippen LogP contribution in [0.25, 0.3) is 0 Å². The molecule has 0 rings (SSSR count). The van der Waals surface area contributed by atoms with E-state index in [0.29, 0.717) is 12.8 Å². The molecular weight excluding hydrogens is 763 g/mol. The predicted molar refractivity (Wildman–Crippen MR) is 254 cm³/mol. The molecule has 0 bridgehead atoms. The van der Waals surface area contributed by atoms with Crippen LogP contribution in [0.5, 0.6) is 0 Å². The number of carboxylic acids is 1. The molecule has 352 valence electrons. The van der Waals surface area contributed by atoms with Gasteiger partial charge in [0.25, 0.3) is 0 Å². The van der Waals surface area contributed by atoms with Gasteiger partial charge in [0.15, 0.2) is 6.10 Å². The Morgan fingerprint density at radius 1 is 0.508 bits per heavy atom. The Bertz CT molecular complexity index is 1180. The molecule has 0 aromatic heterocycles. The van der Waals surface area contributed by atoms with Crippen molar-refractivity contribution in [2.45, 2.75) is 219 Å². The lowest BCUT2D eigenvalue weighted by molar-refractivity contribution is -0.889. The van der Waals surface area contributed by atoms with E-state index in [1.807, 2.05) is 0 Å². The molecule has 0 amide bonds.